The molecule has 0 bridgehead atoms. The average Bonchev–Trinajstić information content (AvgIpc) is 2.34. The van der Waals surface area contributed by atoms with Crippen LogP contribution in [-0.4, -0.2) is 26.1 Å². The Morgan fingerprint density at radius 1 is 1.24 bits per heavy atom. The highest BCUT2D eigenvalue weighted by Crippen LogP contribution is 2.26. The van der Waals surface area contributed by atoms with Gasteiger partial charge in [0.1, 0.15) is 0 Å². The number of alkyl halides is 1. The minimum absolute atomic E-state index is 0.0352. The number of para-hydroxylation sites is 1. The van der Waals surface area contributed by atoms with Crippen molar-refractivity contribution < 1.29 is 8.42 Å². The van der Waals surface area contributed by atoms with E-state index in [0.717, 1.165) is 6.42 Å². The standard InChI is InChI=1S/C16H26ClNO2S/c1-5-10-21(19,20)15-9-7-6-8-14(15)18-12-13(17)11-16(2,3)4/h6-9,13,18H,5,10-12H2,1-4H3. The molecule has 1 aromatic carbocycles. The molecule has 0 spiro atoms. The average molecular weight is 332 g/mol. The number of nitrogens with one attached hydrogen (secondary N) is 1. The quantitative estimate of drug-likeness (QED) is 0.756. The molecule has 0 aliphatic carbocycles. The lowest BCUT2D eigenvalue weighted by Gasteiger charge is -2.22. The van der Waals surface area contributed by atoms with Crippen molar-refractivity contribution >= 4 is 27.1 Å². The van der Waals surface area contributed by atoms with Gasteiger partial charge >= 0.3 is 0 Å². The number of hydrogen-bond acceptors (Lipinski definition) is 3. The summed E-state index contributed by atoms with van der Waals surface area (Å²) in [7, 11) is -3.23. The summed E-state index contributed by atoms with van der Waals surface area (Å²) in [6.45, 7) is 8.84. The van der Waals surface area contributed by atoms with Crippen molar-refractivity contribution in [2.24, 2.45) is 5.41 Å². The molecule has 0 aromatic heterocycles. The summed E-state index contributed by atoms with van der Waals surface area (Å²) in [6, 6.07) is 7.03. The van der Waals surface area contributed by atoms with Crippen LogP contribution in [0.1, 0.15) is 40.5 Å². The maximum absolute atomic E-state index is 12.3. The van der Waals surface area contributed by atoms with Gasteiger partial charge in [-0.3, -0.25) is 0 Å². The van der Waals surface area contributed by atoms with Crippen molar-refractivity contribution in [2.45, 2.75) is 50.8 Å². The molecule has 21 heavy (non-hydrogen) atoms. The smallest absolute Gasteiger partial charge is 0.180 e. The third kappa shape index (κ3) is 6.27. The number of sulfone groups is 1. The van der Waals surface area contributed by atoms with Crippen LogP contribution in [0.4, 0.5) is 5.69 Å². The molecule has 1 rings (SSSR count). The molecule has 0 amide bonds. The Hall–Kier alpha value is -0.740. The zero-order valence-electron chi connectivity index (χ0n) is 13.3. The van der Waals surface area contributed by atoms with Crippen molar-refractivity contribution in [2.75, 3.05) is 17.6 Å². The highest BCUT2D eigenvalue weighted by molar-refractivity contribution is 7.91. The third-order valence-electron chi connectivity index (χ3n) is 3.04. The zero-order valence-corrected chi connectivity index (χ0v) is 14.9. The van der Waals surface area contributed by atoms with Gasteiger partial charge in [0.15, 0.2) is 9.84 Å². The molecule has 0 saturated heterocycles. The second-order valence-electron chi connectivity index (χ2n) is 6.56. The van der Waals surface area contributed by atoms with Crippen LogP contribution >= 0.6 is 11.6 Å². The van der Waals surface area contributed by atoms with Crippen molar-refractivity contribution in [1.29, 1.82) is 0 Å². The van der Waals surface area contributed by atoms with Gasteiger partial charge in [0.25, 0.3) is 0 Å². The molecule has 120 valence electrons. The van der Waals surface area contributed by atoms with E-state index in [4.69, 9.17) is 11.6 Å². The van der Waals surface area contributed by atoms with Gasteiger partial charge in [-0.1, -0.05) is 39.8 Å². The van der Waals surface area contributed by atoms with Gasteiger partial charge in [0.05, 0.1) is 21.7 Å². The summed E-state index contributed by atoms with van der Waals surface area (Å²) in [5, 5.41) is 3.15. The highest BCUT2D eigenvalue weighted by Gasteiger charge is 2.19. The predicted octanol–water partition coefficient (Wildman–Crippen LogP) is 4.33. The number of halogens is 1. The van der Waals surface area contributed by atoms with Crippen LogP contribution in [0, 0.1) is 5.41 Å². The molecule has 0 aliphatic rings. The van der Waals surface area contributed by atoms with E-state index in [-0.39, 0.29) is 16.5 Å². The van der Waals surface area contributed by atoms with Crippen LogP contribution < -0.4 is 5.32 Å². The molecule has 0 aliphatic heterocycles. The molecule has 1 aromatic rings. The molecule has 0 saturated carbocycles. The Bertz CT molecular complexity index is 550. The Labute approximate surface area is 134 Å². The maximum Gasteiger partial charge on any atom is 0.180 e. The Balaban J connectivity index is 2.81. The maximum atomic E-state index is 12.3. The molecule has 0 heterocycles. The van der Waals surface area contributed by atoms with Gasteiger partial charge in [-0.05, 0) is 30.4 Å². The molecular weight excluding hydrogens is 306 g/mol. The lowest BCUT2D eigenvalue weighted by atomic mass is 9.90. The summed E-state index contributed by atoms with van der Waals surface area (Å²) in [6.07, 6.45) is 1.48. The van der Waals surface area contributed by atoms with E-state index < -0.39 is 9.84 Å². The SMILES string of the molecule is CCCS(=O)(=O)c1ccccc1NCC(Cl)CC(C)(C)C. The molecule has 1 atom stereocenters. The first-order chi connectivity index (χ1) is 9.65. The van der Waals surface area contributed by atoms with Crippen LogP contribution in [0.3, 0.4) is 0 Å². The number of benzene rings is 1. The molecule has 5 heteroatoms. The Morgan fingerprint density at radius 2 is 1.86 bits per heavy atom. The zero-order chi connectivity index (χ0) is 16.1. The lowest BCUT2D eigenvalue weighted by Crippen LogP contribution is -2.21. The van der Waals surface area contributed by atoms with Gasteiger partial charge < -0.3 is 5.32 Å². The fourth-order valence-corrected chi connectivity index (χ4v) is 4.28. The molecule has 0 radical (unpaired) electrons. The van der Waals surface area contributed by atoms with Crippen molar-refractivity contribution in [1.82, 2.24) is 0 Å². The molecular formula is C16H26ClNO2S. The highest BCUT2D eigenvalue weighted by atomic mass is 35.5. The van der Waals surface area contributed by atoms with E-state index >= 15 is 0 Å². The lowest BCUT2D eigenvalue weighted by molar-refractivity contribution is 0.373. The van der Waals surface area contributed by atoms with Crippen LogP contribution in [0.25, 0.3) is 0 Å². The van der Waals surface area contributed by atoms with Crippen molar-refractivity contribution in [3.8, 4) is 0 Å². The van der Waals surface area contributed by atoms with Crippen molar-refractivity contribution in [3.05, 3.63) is 24.3 Å². The predicted molar refractivity (Wildman–Crippen MR) is 91.0 cm³/mol. The van der Waals surface area contributed by atoms with Gasteiger partial charge in [-0.25, -0.2) is 8.42 Å². The van der Waals surface area contributed by atoms with E-state index in [0.29, 0.717) is 23.5 Å². The van der Waals surface area contributed by atoms with E-state index in [1.54, 1.807) is 18.2 Å². The van der Waals surface area contributed by atoms with E-state index in [1.165, 1.54) is 0 Å². The van der Waals surface area contributed by atoms with Crippen LogP contribution in [0.15, 0.2) is 29.2 Å². The van der Waals surface area contributed by atoms with E-state index in [9.17, 15) is 8.42 Å². The monoisotopic (exact) mass is 331 g/mol. The Kier molecular flexibility index (Phi) is 6.54. The normalized spacial score (nSPS) is 14.0. The third-order valence-corrected chi connectivity index (χ3v) is 5.32. The van der Waals surface area contributed by atoms with Crippen LogP contribution in [0.5, 0.6) is 0 Å². The summed E-state index contributed by atoms with van der Waals surface area (Å²) in [5.41, 5.74) is 0.799. The first-order valence-corrected chi connectivity index (χ1v) is 9.44. The van der Waals surface area contributed by atoms with Crippen LogP contribution in [0.2, 0.25) is 0 Å². The Morgan fingerprint density at radius 3 is 2.43 bits per heavy atom. The number of anilines is 1. The van der Waals surface area contributed by atoms with E-state index in [2.05, 4.69) is 26.1 Å². The summed E-state index contributed by atoms with van der Waals surface area (Å²) >= 11 is 6.33. The van der Waals surface area contributed by atoms with Gasteiger partial charge in [0.2, 0.25) is 0 Å². The van der Waals surface area contributed by atoms with Gasteiger partial charge in [-0.15, -0.1) is 11.6 Å². The summed E-state index contributed by atoms with van der Waals surface area (Å²) < 4.78 is 24.5. The fraction of sp³-hybridized carbons (Fsp3) is 0.625. The topological polar surface area (TPSA) is 46.2 Å². The van der Waals surface area contributed by atoms with E-state index in [1.807, 2.05) is 13.0 Å². The van der Waals surface area contributed by atoms with Crippen LogP contribution in [-0.2, 0) is 9.84 Å². The summed E-state index contributed by atoms with van der Waals surface area (Å²) in [4.78, 5) is 0.367. The molecule has 3 nitrogen and oxygen atoms in total. The minimum Gasteiger partial charge on any atom is -0.383 e. The fourth-order valence-electron chi connectivity index (χ4n) is 2.22. The number of rotatable bonds is 7. The molecule has 1 unspecified atom stereocenters. The van der Waals surface area contributed by atoms with Gasteiger partial charge in [0, 0.05) is 6.54 Å². The first-order valence-electron chi connectivity index (χ1n) is 7.35. The largest absolute Gasteiger partial charge is 0.383 e. The second kappa shape index (κ2) is 7.50. The molecule has 1 N–H and O–H groups in total. The number of hydrogen-bond donors (Lipinski definition) is 1. The van der Waals surface area contributed by atoms with Gasteiger partial charge in [-0.2, -0.15) is 0 Å². The molecule has 0 fully saturated rings. The van der Waals surface area contributed by atoms with Crippen molar-refractivity contribution in [3.63, 3.8) is 0 Å². The summed E-state index contributed by atoms with van der Waals surface area (Å²) in [5.74, 6) is 0.165. The second-order valence-corrected chi connectivity index (χ2v) is 9.25. The first kappa shape index (κ1) is 18.3. The minimum atomic E-state index is -3.23.